The number of hydrogen-bond acceptors (Lipinski definition) is 5. The van der Waals surface area contributed by atoms with Crippen LogP contribution in [0.15, 0.2) is 56.9 Å². The van der Waals surface area contributed by atoms with Gasteiger partial charge in [-0.25, -0.2) is 12.7 Å². The lowest BCUT2D eigenvalue weighted by Crippen LogP contribution is -2.44. The number of benzene rings is 2. The van der Waals surface area contributed by atoms with E-state index in [-0.39, 0.29) is 35.5 Å². The maximum absolute atomic E-state index is 13.4. The highest BCUT2D eigenvalue weighted by atomic mass is 32.2. The Morgan fingerprint density at radius 2 is 1.69 bits per heavy atom. The molecule has 0 aliphatic heterocycles. The molecule has 2 aromatic carbocycles. The third kappa shape index (κ3) is 4.32. The van der Waals surface area contributed by atoms with Crippen LogP contribution in [0.25, 0.3) is 11.0 Å². The Labute approximate surface area is 204 Å². The molecule has 1 atom stereocenters. The first-order valence-electron chi connectivity index (χ1n) is 11.6. The summed E-state index contributed by atoms with van der Waals surface area (Å²) < 4.78 is 29.0. The SMILES string of the molecule is CCn1c(=O)c(=O)n(CC(=O)N(C)C2CCCc3ccccc32)c2cc(S(=O)(=O)N(C)C)ccc21. The van der Waals surface area contributed by atoms with E-state index >= 15 is 0 Å². The van der Waals surface area contributed by atoms with Crippen LogP contribution in [0.1, 0.15) is 36.9 Å². The average Bonchev–Trinajstić information content (AvgIpc) is 2.85. The molecule has 0 saturated heterocycles. The van der Waals surface area contributed by atoms with Crippen molar-refractivity contribution >= 4 is 27.0 Å². The fourth-order valence-electron chi connectivity index (χ4n) is 4.79. The molecule has 1 aliphatic carbocycles. The first kappa shape index (κ1) is 24.9. The fraction of sp³-hybridized carbons (Fsp3) is 0.400. The smallest absolute Gasteiger partial charge is 0.317 e. The molecule has 10 heteroatoms. The Kier molecular flexibility index (Phi) is 6.70. The van der Waals surface area contributed by atoms with E-state index in [2.05, 4.69) is 6.07 Å². The number of carbonyl (C=O) groups excluding carboxylic acids is 1. The number of nitrogens with zero attached hydrogens (tertiary/aromatic N) is 4. The van der Waals surface area contributed by atoms with Crippen LogP contribution in [-0.4, -0.2) is 53.8 Å². The van der Waals surface area contributed by atoms with Crippen molar-refractivity contribution in [1.82, 2.24) is 18.3 Å². The summed E-state index contributed by atoms with van der Waals surface area (Å²) in [5, 5.41) is 0. The van der Waals surface area contributed by atoms with Crippen LogP contribution in [0, 0.1) is 0 Å². The fourth-order valence-corrected chi connectivity index (χ4v) is 5.71. The summed E-state index contributed by atoms with van der Waals surface area (Å²) in [5.74, 6) is -0.329. The van der Waals surface area contributed by atoms with Crippen LogP contribution in [0.3, 0.4) is 0 Å². The van der Waals surface area contributed by atoms with E-state index in [0.717, 1.165) is 33.7 Å². The van der Waals surface area contributed by atoms with Crippen molar-refractivity contribution in [2.24, 2.45) is 0 Å². The lowest BCUT2D eigenvalue weighted by molar-refractivity contribution is -0.133. The van der Waals surface area contributed by atoms with E-state index in [4.69, 9.17) is 0 Å². The Morgan fingerprint density at radius 3 is 2.37 bits per heavy atom. The van der Waals surface area contributed by atoms with Gasteiger partial charge in [-0.3, -0.25) is 19.0 Å². The van der Waals surface area contributed by atoms with E-state index in [0.29, 0.717) is 5.52 Å². The molecule has 1 amide bonds. The number of aromatic nitrogens is 2. The van der Waals surface area contributed by atoms with Crippen LogP contribution < -0.4 is 11.1 Å². The largest absolute Gasteiger partial charge is 0.337 e. The highest BCUT2D eigenvalue weighted by molar-refractivity contribution is 7.89. The Bertz CT molecular complexity index is 1520. The molecule has 0 bridgehead atoms. The summed E-state index contributed by atoms with van der Waals surface area (Å²) in [6, 6.07) is 12.2. The first-order chi connectivity index (χ1) is 16.6. The molecule has 1 heterocycles. The zero-order valence-corrected chi connectivity index (χ0v) is 21.2. The number of hydrogen-bond donors (Lipinski definition) is 0. The van der Waals surface area contributed by atoms with Gasteiger partial charge in [-0.1, -0.05) is 24.3 Å². The van der Waals surface area contributed by atoms with Gasteiger partial charge >= 0.3 is 11.1 Å². The summed E-state index contributed by atoms with van der Waals surface area (Å²) in [4.78, 5) is 40.9. The topological polar surface area (TPSA) is 102 Å². The minimum Gasteiger partial charge on any atom is -0.337 e. The molecule has 0 fully saturated rings. The van der Waals surface area contributed by atoms with Crippen LogP contribution >= 0.6 is 0 Å². The molecule has 4 rings (SSSR count). The number of fused-ring (bicyclic) bond motifs is 2. The quantitative estimate of drug-likeness (QED) is 0.484. The third-order valence-corrected chi connectivity index (χ3v) is 8.60. The van der Waals surface area contributed by atoms with E-state index < -0.39 is 21.1 Å². The molecule has 9 nitrogen and oxygen atoms in total. The Balaban J connectivity index is 1.81. The molecular formula is C25H30N4O5S. The van der Waals surface area contributed by atoms with Gasteiger partial charge in [-0.15, -0.1) is 0 Å². The van der Waals surface area contributed by atoms with Crippen molar-refractivity contribution in [3.63, 3.8) is 0 Å². The summed E-state index contributed by atoms with van der Waals surface area (Å²) >= 11 is 0. The van der Waals surface area contributed by atoms with Gasteiger partial charge in [0.15, 0.2) is 0 Å². The van der Waals surface area contributed by atoms with Gasteiger partial charge in [0.1, 0.15) is 6.54 Å². The van der Waals surface area contributed by atoms with Crippen molar-refractivity contribution in [3.8, 4) is 0 Å². The summed E-state index contributed by atoms with van der Waals surface area (Å²) in [6.45, 7) is 1.60. The highest BCUT2D eigenvalue weighted by Crippen LogP contribution is 2.33. The number of sulfonamides is 1. The van der Waals surface area contributed by atoms with Crippen molar-refractivity contribution in [1.29, 1.82) is 0 Å². The highest BCUT2D eigenvalue weighted by Gasteiger charge is 2.28. The maximum Gasteiger partial charge on any atom is 0.317 e. The lowest BCUT2D eigenvalue weighted by Gasteiger charge is -2.33. The number of carbonyl (C=O) groups is 1. The van der Waals surface area contributed by atoms with Crippen LogP contribution in [-0.2, 0) is 34.3 Å². The molecule has 3 aromatic rings. The molecular weight excluding hydrogens is 468 g/mol. The normalized spacial score (nSPS) is 15.9. The molecule has 1 unspecified atom stereocenters. The average molecular weight is 499 g/mol. The number of amides is 1. The second-order valence-corrected chi connectivity index (χ2v) is 11.1. The minimum atomic E-state index is -3.79. The van der Waals surface area contributed by atoms with Crippen LogP contribution in [0.5, 0.6) is 0 Å². The molecule has 186 valence electrons. The van der Waals surface area contributed by atoms with Crippen molar-refractivity contribution < 1.29 is 13.2 Å². The van der Waals surface area contributed by atoms with E-state index in [1.54, 1.807) is 18.9 Å². The van der Waals surface area contributed by atoms with Gasteiger partial charge in [0.25, 0.3) is 0 Å². The maximum atomic E-state index is 13.4. The summed E-state index contributed by atoms with van der Waals surface area (Å²) in [5.41, 5.74) is 1.31. The van der Waals surface area contributed by atoms with Crippen LogP contribution in [0.2, 0.25) is 0 Å². The second-order valence-electron chi connectivity index (χ2n) is 8.99. The monoisotopic (exact) mass is 498 g/mol. The van der Waals surface area contributed by atoms with Gasteiger partial charge < -0.3 is 9.47 Å². The predicted molar refractivity (Wildman–Crippen MR) is 134 cm³/mol. The minimum absolute atomic E-state index is 0.0218. The molecule has 0 spiro atoms. The van der Waals surface area contributed by atoms with Crippen molar-refractivity contribution in [3.05, 3.63) is 74.3 Å². The van der Waals surface area contributed by atoms with Gasteiger partial charge in [-0.2, -0.15) is 0 Å². The molecule has 1 aliphatic rings. The lowest BCUT2D eigenvalue weighted by atomic mass is 9.87. The zero-order chi connectivity index (χ0) is 25.5. The molecule has 1 aromatic heterocycles. The standard InChI is InChI=1S/C25H30N4O5S/c1-5-28-21-14-13-18(35(33,34)26(2)3)15-22(21)29(25(32)24(28)31)16-23(30)27(4)20-12-8-10-17-9-6-7-11-19(17)20/h6-7,9,11,13-15,20H,5,8,10,12,16H2,1-4H3. The predicted octanol–water partition coefficient (Wildman–Crippen LogP) is 1.97. The Hall–Kier alpha value is -3.24. The summed E-state index contributed by atoms with van der Waals surface area (Å²) in [7, 11) is 0.752. The van der Waals surface area contributed by atoms with E-state index in [1.807, 2.05) is 18.2 Å². The van der Waals surface area contributed by atoms with Crippen molar-refractivity contribution in [2.45, 2.75) is 50.2 Å². The Morgan fingerprint density at radius 1 is 1.00 bits per heavy atom. The third-order valence-electron chi connectivity index (χ3n) is 6.79. The van der Waals surface area contributed by atoms with Gasteiger partial charge in [-0.05, 0) is 55.5 Å². The van der Waals surface area contributed by atoms with Gasteiger partial charge in [0.2, 0.25) is 15.9 Å². The van der Waals surface area contributed by atoms with Gasteiger partial charge in [0.05, 0.1) is 22.0 Å². The number of rotatable bonds is 6. The number of likely N-dealkylation sites (N-methyl/N-ethyl adjacent to an activating group) is 1. The second kappa shape index (κ2) is 9.43. The molecule has 0 saturated carbocycles. The molecule has 0 radical (unpaired) electrons. The van der Waals surface area contributed by atoms with Crippen molar-refractivity contribution in [2.75, 3.05) is 21.1 Å². The van der Waals surface area contributed by atoms with Gasteiger partial charge in [0, 0.05) is 27.7 Å². The first-order valence-corrected chi connectivity index (χ1v) is 13.0. The van der Waals surface area contributed by atoms with E-state index in [9.17, 15) is 22.8 Å². The zero-order valence-electron chi connectivity index (χ0n) is 20.4. The van der Waals surface area contributed by atoms with E-state index in [1.165, 1.54) is 42.4 Å². The molecule has 35 heavy (non-hydrogen) atoms. The number of aryl methyl sites for hydroxylation is 2. The molecule has 0 N–H and O–H groups in total. The summed E-state index contributed by atoms with van der Waals surface area (Å²) in [6.07, 6.45) is 2.70. The van der Waals surface area contributed by atoms with Crippen LogP contribution in [0.4, 0.5) is 0 Å².